The molecule has 0 aliphatic carbocycles. The quantitative estimate of drug-likeness (QED) is 0.647. The zero-order valence-electron chi connectivity index (χ0n) is 14.5. The largest absolute Gasteiger partial charge is 0.490 e. The third-order valence-electron chi connectivity index (χ3n) is 3.14. The van der Waals surface area contributed by atoms with E-state index in [1.54, 1.807) is 6.33 Å². The number of imidazole rings is 1. The lowest BCUT2D eigenvalue weighted by atomic mass is 10.0. The second kappa shape index (κ2) is 10.3. The lowest BCUT2D eigenvalue weighted by molar-refractivity contribution is -0.193. The number of carboxylic acids is 2. The van der Waals surface area contributed by atoms with Crippen molar-refractivity contribution in [1.29, 1.82) is 0 Å². The van der Waals surface area contributed by atoms with Gasteiger partial charge >= 0.3 is 24.3 Å². The Balaban J connectivity index is 0.000000444. The number of aromatic amines is 1. The summed E-state index contributed by atoms with van der Waals surface area (Å²) in [6.07, 6.45) is -5.63. The lowest BCUT2D eigenvalue weighted by Crippen LogP contribution is -2.21. The predicted molar refractivity (Wildman–Crippen MR) is 84.7 cm³/mol. The van der Waals surface area contributed by atoms with Crippen molar-refractivity contribution in [3.8, 4) is 0 Å². The highest BCUT2D eigenvalue weighted by Crippen LogP contribution is 2.15. The van der Waals surface area contributed by atoms with E-state index in [0.717, 1.165) is 6.42 Å². The summed E-state index contributed by atoms with van der Waals surface area (Å²) in [5.74, 6) is -5.51. The average Bonchev–Trinajstić information content (AvgIpc) is 3.04. The Hall–Kier alpha value is -3.05. The molecule has 1 heterocycles. The maximum absolute atomic E-state index is 10.6. The van der Waals surface area contributed by atoms with Crippen molar-refractivity contribution < 1.29 is 46.1 Å². The van der Waals surface area contributed by atoms with Gasteiger partial charge in [0.15, 0.2) is 0 Å². The van der Waals surface area contributed by atoms with Gasteiger partial charge in [-0.1, -0.05) is 18.2 Å². The van der Waals surface area contributed by atoms with Gasteiger partial charge in [0.25, 0.3) is 0 Å². The van der Waals surface area contributed by atoms with E-state index in [2.05, 4.69) is 42.0 Å². The number of H-pyrrole nitrogens is 1. The highest BCUT2D eigenvalue weighted by molar-refractivity contribution is 5.73. The molecule has 0 bridgehead atoms. The number of carbonyl (C=O) groups is 2. The summed E-state index contributed by atoms with van der Waals surface area (Å²) in [5.41, 5.74) is 5.26. The van der Waals surface area contributed by atoms with Crippen LogP contribution in [0.4, 0.5) is 26.3 Å². The fourth-order valence-electron chi connectivity index (χ4n) is 1.59. The molecule has 6 nitrogen and oxygen atoms in total. The van der Waals surface area contributed by atoms with Crippen molar-refractivity contribution in [3.63, 3.8) is 0 Å². The number of aromatic nitrogens is 2. The first-order chi connectivity index (χ1) is 12.7. The highest BCUT2D eigenvalue weighted by Gasteiger charge is 2.38. The summed E-state index contributed by atoms with van der Waals surface area (Å²) >= 11 is 0. The number of aliphatic carboxylic acids is 2. The minimum atomic E-state index is -5.08. The molecule has 0 spiro atoms. The van der Waals surface area contributed by atoms with Crippen LogP contribution in [0.3, 0.4) is 0 Å². The average molecular weight is 414 g/mol. The Morgan fingerprint density at radius 3 is 1.82 bits per heavy atom. The first kappa shape index (κ1) is 24.9. The van der Waals surface area contributed by atoms with E-state index in [1.807, 2.05) is 6.20 Å². The smallest absolute Gasteiger partial charge is 0.475 e. The van der Waals surface area contributed by atoms with Crippen molar-refractivity contribution in [1.82, 2.24) is 9.97 Å². The first-order valence-electron chi connectivity index (χ1n) is 7.28. The van der Waals surface area contributed by atoms with E-state index in [-0.39, 0.29) is 0 Å². The van der Waals surface area contributed by atoms with Gasteiger partial charge in [-0.2, -0.15) is 26.3 Å². The number of carboxylic acid groups (broad SMARTS) is 2. The molecule has 0 aliphatic heterocycles. The van der Waals surface area contributed by atoms with Crippen molar-refractivity contribution >= 4 is 11.9 Å². The minimum absolute atomic E-state index is 0.938. The van der Waals surface area contributed by atoms with Gasteiger partial charge in [0.2, 0.25) is 0 Å². The molecule has 0 unspecified atom stereocenters. The summed E-state index contributed by atoms with van der Waals surface area (Å²) in [4.78, 5) is 24.9. The number of nitrogens with zero attached hydrogens (tertiary/aromatic N) is 1. The van der Waals surface area contributed by atoms with Gasteiger partial charge in [0.05, 0.1) is 6.33 Å². The Kier molecular flexibility index (Phi) is 9.20. The van der Waals surface area contributed by atoms with Crippen molar-refractivity contribution in [2.45, 2.75) is 32.6 Å². The normalized spacial score (nSPS) is 10.9. The molecular formula is C16H16F6N2O4. The summed E-state index contributed by atoms with van der Waals surface area (Å²) in [6, 6.07) is 6.42. The second-order valence-corrected chi connectivity index (χ2v) is 5.22. The predicted octanol–water partition coefficient (Wildman–Crippen LogP) is 3.88. The van der Waals surface area contributed by atoms with Crippen LogP contribution in [0, 0.1) is 13.8 Å². The fraction of sp³-hybridized carbons (Fsp3) is 0.312. The van der Waals surface area contributed by atoms with Gasteiger partial charge in [-0.25, -0.2) is 14.6 Å². The van der Waals surface area contributed by atoms with Crippen LogP contribution in [0.15, 0.2) is 30.7 Å². The summed E-state index contributed by atoms with van der Waals surface area (Å²) < 4.78 is 63.5. The zero-order valence-corrected chi connectivity index (χ0v) is 14.5. The van der Waals surface area contributed by atoms with Crippen LogP contribution in [0.5, 0.6) is 0 Å². The number of alkyl halides is 6. The first-order valence-corrected chi connectivity index (χ1v) is 7.28. The van der Waals surface area contributed by atoms with Crippen LogP contribution in [-0.2, 0) is 16.0 Å². The van der Waals surface area contributed by atoms with Gasteiger partial charge in [-0.05, 0) is 30.5 Å². The van der Waals surface area contributed by atoms with Crippen LogP contribution in [0.1, 0.15) is 22.4 Å². The molecule has 1 aromatic heterocycles. The van der Waals surface area contributed by atoms with Crippen molar-refractivity contribution in [2.24, 2.45) is 0 Å². The number of hydrogen-bond donors (Lipinski definition) is 3. The van der Waals surface area contributed by atoms with Crippen molar-refractivity contribution in [3.05, 3.63) is 53.1 Å². The SMILES string of the molecule is Cc1cccc(Cc2cnc[nH]2)c1C.O=C(O)C(F)(F)F.O=C(O)C(F)(F)F. The number of aryl methyl sites for hydroxylation is 1. The molecule has 0 saturated heterocycles. The van der Waals surface area contributed by atoms with Gasteiger partial charge in [-0.3, -0.25) is 0 Å². The van der Waals surface area contributed by atoms with Crippen LogP contribution in [0.25, 0.3) is 0 Å². The van der Waals surface area contributed by atoms with E-state index in [0.29, 0.717) is 0 Å². The molecule has 156 valence electrons. The molecule has 28 heavy (non-hydrogen) atoms. The number of hydrogen-bond acceptors (Lipinski definition) is 3. The number of rotatable bonds is 2. The van der Waals surface area contributed by atoms with E-state index < -0.39 is 24.3 Å². The molecule has 0 atom stereocenters. The molecule has 0 radical (unpaired) electrons. The molecule has 2 rings (SSSR count). The van der Waals surface area contributed by atoms with Crippen LogP contribution in [-0.4, -0.2) is 44.5 Å². The van der Waals surface area contributed by atoms with E-state index in [4.69, 9.17) is 19.8 Å². The number of benzene rings is 1. The Morgan fingerprint density at radius 1 is 1.00 bits per heavy atom. The monoisotopic (exact) mass is 414 g/mol. The number of nitrogens with one attached hydrogen (secondary N) is 1. The highest BCUT2D eigenvalue weighted by atomic mass is 19.4. The number of halogens is 6. The molecule has 2 aromatic rings. The lowest BCUT2D eigenvalue weighted by Gasteiger charge is -2.06. The van der Waals surface area contributed by atoms with Crippen LogP contribution in [0.2, 0.25) is 0 Å². The molecule has 0 aliphatic rings. The van der Waals surface area contributed by atoms with E-state index in [9.17, 15) is 26.3 Å². The van der Waals surface area contributed by atoms with Gasteiger partial charge in [0, 0.05) is 18.3 Å². The maximum Gasteiger partial charge on any atom is 0.490 e. The van der Waals surface area contributed by atoms with E-state index >= 15 is 0 Å². The summed E-state index contributed by atoms with van der Waals surface area (Å²) in [6.45, 7) is 4.31. The Bertz CT molecular complexity index is 746. The fourth-order valence-corrected chi connectivity index (χ4v) is 1.59. The maximum atomic E-state index is 10.6. The van der Waals surface area contributed by atoms with E-state index in [1.165, 1.54) is 22.4 Å². The Labute approximate surface area is 154 Å². The van der Waals surface area contributed by atoms with Gasteiger partial charge in [-0.15, -0.1) is 0 Å². The van der Waals surface area contributed by atoms with Crippen molar-refractivity contribution in [2.75, 3.05) is 0 Å². The molecular weight excluding hydrogens is 398 g/mol. The molecule has 0 amide bonds. The molecule has 0 saturated carbocycles. The molecule has 1 aromatic carbocycles. The second-order valence-electron chi connectivity index (χ2n) is 5.22. The molecule has 0 fully saturated rings. The standard InChI is InChI=1S/C12H14N2.2C2HF3O2/c1-9-4-3-5-11(10(9)2)6-12-7-13-8-14-12;2*3-2(4,5)1(6)7/h3-5,7-8H,6H2,1-2H3,(H,13,14);2*(H,6,7). The summed E-state index contributed by atoms with van der Waals surface area (Å²) in [5, 5.41) is 14.2. The topological polar surface area (TPSA) is 103 Å². The molecule has 12 heteroatoms. The third-order valence-corrected chi connectivity index (χ3v) is 3.14. The third kappa shape index (κ3) is 9.59. The van der Waals surface area contributed by atoms with Crippen LogP contribution < -0.4 is 0 Å². The Morgan fingerprint density at radius 2 is 1.46 bits per heavy atom. The zero-order chi connectivity index (χ0) is 22.1. The summed E-state index contributed by atoms with van der Waals surface area (Å²) in [7, 11) is 0. The van der Waals surface area contributed by atoms with Gasteiger partial charge in [0.1, 0.15) is 0 Å². The minimum Gasteiger partial charge on any atom is -0.475 e. The van der Waals surface area contributed by atoms with Crippen LogP contribution >= 0.6 is 0 Å². The molecule has 3 N–H and O–H groups in total. The van der Waals surface area contributed by atoms with Gasteiger partial charge < -0.3 is 15.2 Å².